The molecule has 0 bridgehead atoms. The van der Waals surface area contributed by atoms with Crippen LogP contribution < -0.4 is 5.32 Å². The maximum absolute atomic E-state index is 11.2. The van der Waals surface area contributed by atoms with Crippen LogP contribution in [0.1, 0.15) is 38.3 Å². The molecule has 0 aromatic heterocycles. The lowest BCUT2D eigenvalue weighted by Gasteiger charge is -2.18. The molecule has 3 nitrogen and oxygen atoms in total. The van der Waals surface area contributed by atoms with Crippen molar-refractivity contribution in [3.63, 3.8) is 0 Å². The van der Waals surface area contributed by atoms with Gasteiger partial charge < -0.3 is 10.4 Å². The molecule has 2 atom stereocenters. The van der Waals surface area contributed by atoms with Gasteiger partial charge in [0.2, 0.25) is 0 Å². The molecule has 1 rings (SSSR count). The van der Waals surface area contributed by atoms with Gasteiger partial charge in [-0.2, -0.15) is 0 Å². The van der Waals surface area contributed by atoms with Gasteiger partial charge in [-0.3, -0.25) is 4.79 Å². The van der Waals surface area contributed by atoms with Crippen LogP contribution in [0.3, 0.4) is 0 Å². The average Bonchev–Trinajstić information content (AvgIpc) is 2.30. The van der Waals surface area contributed by atoms with E-state index in [0.29, 0.717) is 5.92 Å². The quantitative estimate of drug-likeness (QED) is 0.764. The lowest BCUT2D eigenvalue weighted by molar-refractivity contribution is -0.139. The van der Waals surface area contributed by atoms with Crippen LogP contribution in [0.15, 0.2) is 30.3 Å². The van der Waals surface area contributed by atoms with Crippen LogP contribution in [0.4, 0.5) is 0 Å². The average molecular weight is 235 g/mol. The van der Waals surface area contributed by atoms with Gasteiger partial charge in [0.15, 0.2) is 0 Å². The summed E-state index contributed by atoms with van der Waals surface area (Å²) in [4.78, 5) is 11.2. The van der Waals surface area contributed by atoms with Crippen molar-refractivity contribution in [1.82, 2.24) is 5.32 Å². The van der Waals surface area contributed by atoms with Gasteiger partial charge in [-0.15, -0.1) is 0 Å². The Bertz CT molecular complexity index is 337. The number of nitrogens with one attached hydrogen (secondary N) is 1. The molecule has 94 valence electrons. The topological polar surface area (TPSA) is 49.3 Å². The van der Waals surface area contributed by atoms with E-state index in [4.69, 9.17) is 0 Å². The summed E-state index contributed by atoms with van der Waals surface area (Å²) in [7, 11) is 0. The first-order valence-electron chi connectivity index (χ1n) is 6.16. The molecule has 0 amide bonds. The molecule has 1 aromatic rings. The largest absolute Gasteiger partial charge is 0.480 e. The highest BCUT2D eigenvalue weighted by Crippen LogP contribution is 2.14. The highest BCUT2D eigenvalue weighted by Gasteiger charge is 2.19. The fourth-order valence-corrected chi connectivity index (χ4v) is 1.91. The monoisotopic (exact) mass is 235 g/mol. The van der Waals surface area contributed by atoms with Crippen LogP contribution in [0.5, 0.6) is 0 Å². The Balaban J connectivity index is 2.59. The van der Waals surface area contributed by atoms with Crippen molar-refractivity contribution in [2.75, 3.05) is 6.54 Å². The molecule has 0 aliphatic carbocycles. The molecule has 0 heterocycles. The zero-order valence-corrected chi connectivity index (χ0v) is 10.5. The minimum absolute atomic E-state index is 0.505. The number of rotatable bonds is 7. The van der Waals surface area contributed by atoms with E-state index in [1.807, 2.05) is 30.3 Å². The molecule has 2 unspecified atom stereocenters. The molecule has 3 heteroatoms. The SMILES string of the molecule is CCCC(C)CNC(C(=O)O)c1ccccc1. The Morgan fingerprint density at radius 1 is 1.35 bits per heavy atom. The van der Waals surface area contributed by atoms with E-state index in [9.17, 15) is 9.90 Å². The van der Waals surface area contributed by atoms with Crippen LogP contribution in [0.2, 0.25) is 0 Å². The summed E-state index contributed by atoms with van der Waals surface area (Å²) in [6.07, 6.45) is 2.25. The third-order valence-corrected chi connectivity index (χ3v) is 2.83. The first-order valence-corrected chi connectivity index (χ1v) is 6.16. The third kappa shape index (κ3) is 4.57. The molecular weight excluding hydrogens is 214 g/mol. The van der Waals surface area contributed by atoms with Gasteiger partial charge in [0, 0.05) is 0 Å². The van der Waals surface area contributed by atoms with Gasteiger partial charge >= 0.3 is 5.97 Å². The Hall–Kier alpha value is -1.35. The van der Waals surface area contributed by atoms with Gasteiger partial charge in [0.05, 0.1) is 0 Å². The minimum Gasteiger partial charge on any atom is -0.480 e. The highest BCUT2D eigenvalue weighted by molar-refractivity contribution is 5.75. The number of carboxylic acids is 1. The summed E-state index contributed by atoms with van der Waals surface area (Å²) < 4.78 is 0. The maximum atomic E-state index is 11.2. The summed E-state index contributed by atoms with van der Waals surface area (Å²) in [5.74, 6) is -0.314. The molecule has 0 spiro atoms. The lowest BCUT2D eigenvalue weighted by atomic mass is 10.0. The molecule has 0 radical (unpaired) electrons. The predicted molar refractivity (Wildman–Crippen MR) is 68.9 cm³/mol. The molecule has 0 aliphatic heterocycles. The number of hydrogen-bond donors (Lipinski definition) is 2. The second-order valence-corrected chi connectivity index (χ2v) is 4.48. The number of benzene rings is 1. The van der Waals surface area contributed by atoms with Gasteiger partial charge in [-0.1, -0.05) is 50.6 Å². The van der Waals surface area contributed by atoms with E-state index in [1.54, 1.807) is 0 Å². The number of carboxylic acid groups (broad SMARTS) is 1. The van der Waals surface area contributed by atoms with Crippen molar-refractivity contribution < 1.29 is 9.90 Å². The first-order chi connectivity index (χ1) is 8.15. The van der Waals surface area contributed by atoms with Crippen LogP contribution in [-0.2, 0) is 4.79 Å². The lowest BCUT2D eigenvalue weighted by Crippen LogP contribution is -2.31. The summed E-state index contributed by atoms with van der Waals surface area (Å²) in [5.41, 5.74) is 0.809. The normalized spacial score (nSPS) is 14.2. The second-order valence-electron chi connectivity index (χ2n) is 4.48. The molecule has 0 saturated carbocycles. The van der Waals surface area contributed by atoms with Crippen molar-refractivity contribution in [3.8, 4) is 0 Å². The van der Waals surface area contributed by atoms with Crippen molar-refractivity contribution in [2.45, 2.75) is 32.7 Å². The van der Waals surface area contributed by atoms with Crippen molar-refractivity contribution >= 4 is 5.97 Å². The van der Waals surface area contributed by atoms with Crippen LogP contribution in [0.25, 0.3) is 0 Å². The summed E-state index contributed by atoms with van der Waals surface area (Å²) in [6.45, 7) is 5.02. The van der Waals surface area contributed by atoms with Crippen LogP contribution >= 0.6 is 0 Å². The van der Waals surface area contributed by atoms with Crippen molar-refractivity contribution in [2.24, 2.45) is 5.92 Å². The van der Waals surface area contributed by atoms with Gasteiger partial charge in [0.25, 0.3) is 0 Å². The second kappa shape index (κ2) is 7.07. The van der Waals surface area contributed by atoms with E-state index in [1.165, 1.54) is 0 Å². The highest BCUT2D eigenvalue weighted by atomic mass is 16.4. The molecular formula is C14H21NO2. The Labute approximate surface area is 103 Å². The van der Waals surface area contributed by atoms with E-state index >= 15 is 0 Å². The van der Waals surface area contributed by atoms with Crippen LogP contribution in [0, 0.1) is 5.92 Å². The maximum Gasteiger partial charge on any atom is 0.325 e. The minimum atomic E-state index is -0.820. The fourth-order valence-electron chi connectivity index (χ4n) is 1.91. The molecule has 2 N–H and O–H groups in total. The molecule has 1 aromatic carbocycles. The van der Waals surface area contributed by atoms with Gasteiger partial charge in [-0.05, 0) is 24.4 Å². The van der Waals surface area contributed by atoms with E-state index in [2.05, 4.69) is 19.2 Å². The summed E-state index contributed by atoms with van der Waals surface area (Å²) >= 11 is 0. The smallest absolute Gasteiger partial charge is 0.325 e. The van der Waals surface area contributed by atoms with E-state index < -0.39 is 12.0 Å². The number of aliphatic carboxylic acids is 1. The third-order valence-electron chi connectivity index (χ3n) is 2.83. The Morgan fingerprint density at radius 2 is 2.00 bits per heavy atom. The first kappa shape index (κ1) is 13.7. The fraction of sp³-hybridized carbons (Fsp3) is 0.500. The Kier molecular flexibility index (Phi) is 5.70. The Morgan fingerprint density at radius 3 is 2.53 bits per heavy atom. The van der Waals surface area contributed by atoms with Gasteiger partial charge in [-0.25, -0.2) is 0 Å². The number of hydrogen-bond acceptors (Lipinski definition) is 2. The van der Waals surface area contributed by atoms with Crippen molar-refractivity contribution in [3.05, 3.63) is 35.9 Å². The zero-order valence-electron chi connectivity index (χ0n) is 10.5. The molecule has 0 fully saturated rings. The molecule has 0 saturated heterocycles. The van der Waals surface area contributed by atoms with Crippen molar-refractivity contribution in [1.29, 1.82) is 0 Å². The molecule has 0 aliphatic rings. The van der Waals surface area contributed by atoms with Crippen LogP contribution in [-0.4, -0.2) is 17.6 Å². The zero-order chi connectivity index (χ0) is 12.7. The van der Waals surface area contributed by atoms with E-state index in [-0.39, 0.29) is 0 Å². The van der Waals surface area contributed by atoms with E-state index in [0.717, 1.165) is 24.9 Å². The van der Waals surface area contributed by atoms with Gasteiger partial charge in [0.1, 0.15) is 6.04 Å². The summed E-state index contributed by atoms with van der Waals surface area (Å²) in [6, 6.07) is 8.70. The number of carbonyl (C=O) groups is 1. The predicted octanol–water partition coefficient (Wildman–Crippen LogP) is 2.84. The molecule has 17 heavy (non-hydrogen) atoms. The summed E-state index contributed by atoms with van der Waals surface area (Å²) in [5, 5.41) is 12.3. The standard InChI is InChI=1S/C14H21NO2/c1-3-7-11(2)10-15-13(14(16)17)12-8-5-4-6-9-12/h4-6,8-9,11,13,15H,3,7,10H2,1-2H3,(H,16,17).